The minimum Gasteiger partial charge on any atom is -0.463 e. The molecule has 0 unspecified atom stereocenters. The number of aliphatic hydroxyl groups is 1. The number of anilines is 1. The minimum absolute atomic E-state index is 0.0241. The zero-order chi connectivity index (χ0) is 12.4. The van der Waals surface area contributed by atoms with E-state index < -0.39 is 0 Å². The van der Waals surface area contributed by atoms with Crippen molar-refractivity contribution in [2.45, 2.75) is 0 Å². The Morgan fingerprint density at radius 1 is 1.39 bits per heavy atom. The lowest BCUT2D eigenvalue weighted by Gasteiger charge is -2.09. The van der Waals surface area contributed by atoms with Gasteiger partial charge in [-0.05, 0) is 12.1 Å². The van der Waals surface area contributed by atoms with Crippen molar-refractivity contribution in [2.24, 2.45) is 0 Å². The number of aliphatic hydroxyl groups excluding tert-OH is 1. The van der Waals surface area contributed by atoms with Gasteiger partial charge < -0.3 is 19.8 Å². The van der Waals surface area contributed by atoms with Crippen LogP contribution in [0.25, 0.3) is 23.0 Å². The third-order valence-electron chi connectivity index (χ3n) is 2.45. The van der Waals surface area contributed by atoms with Gasteiger partial charge in [-0.15, -0.1) is 0 Å². The van der Waals surface area contributed by atoms with Gasteiger partial charge >= 0.3 is 0 Å². The van der Waals surface area contributed by atoms with Gasteiger partial charge in [-0.2, -0.15) is 4.98 Å². The van der Waals surface area contributed by atoms with Gasteiger partial charge in [-0.3, -0.25) is 0 Å². The highest BCUT2D eigenvalue weighted by Crippen LogP contribution is 2.29. The number of rotatable bonds is 4. The van der Waals surface area contributed by atoms with Crippen LogP contribution in [0.2, 0.25) is 0 Å². The van der Waals surface area contributed by atoms with E-state index in [-0.39, 0.29) is 6.61 Å². The monoisotopic (exact) mass is 245 g/mol. The van der Waals surface area contributed by atoms with Crippen molar-refractivity contribution in [3.05, 3.63) is 24.7 Å². The van der Waals surface area contributed by atoms with Gasteiger partial charge in [-0.25, -0.2) is 9.97 Å². The lowest BCUT2D eigenvalue weighted by atomic mass is 10.2. The minimum atomic E-state index is 0.0241. The summed E-state index contributed by atoms with van der Waals surface area (Å²) in [5.74, 6) is 1.71. The molecule has 0 amide bonds. The van der Waals surface area contributed by atoms with Crippen LogP contribution in [0.1, 0.15) is 0 Å². The Balaban J connectivity index is 2.09. The summed E-state index contributed by atoms with van der Waals surface area (Å²) >= 11 is 0. The molecule has 0 saturated heterocycles. The average molecular weight is 245 g/mol. The molecule has 3 N–H and O–H groups in total. The highest BCUT2D eigenvalue weighted by atomic mass is 16.3. The Morgan fingerprint density at radius 3 is 3.11 bits per heavy atom. The quantitative estimate of drug-likeness (QED) is 0.633. The molecule has 2 aliphatic heterocycles. The van der Waals surface area contributed by atoms with E-state index in [1.54, 1.807) is 12.3 Å². The lowest BCUT2D eigenvalue weighted by Crippen LogP contribution is -2.10. The number of nitrogens with one attached hydrogen (secondary N) is 2. The van der Waals surface area contributed by atoms with Crippen LogP contribution in [0.5, 0.6) is 0 Å². The molecule has 0 aliphatic carbocycles. The van der Waals surface area contributed by atoms with Gasteiger partial charge in [-0.1, -0.05) is 0 Å². The molecule has 0 radical (unpaired) electrons. The lowest BCUT2D eigenvalue weighted by molar-refractivity contribution is 0.311. The maximum atomic E-state index is 8.80. The van der Waals surface area contributed by atoms with Crippen LogP contribution < -0.4 is 5.32 Å². The molecule has 0 saturated carbocycles. The van der Waals surface area contributed by atoms with Crippen molar-refractivity contribution >= 4 is 5.95 Å². The molecule has 1 aromatic heterocycles. The molecule has 0 bridgehead atoms. The maximum Gasteiger partial charge on any atom is 0.202 e. The van der Waals surface area contributed by atoms with Crippen molar-refractivity contribution < 1.29 is 9.52 Å². The third kappa shape index (κ3) is 1.80. The Kier molecular flexibility index (Phi) is 2.66. The highest BCUT2D eigenvalue weighted by molar-refractivity contribution is 5.73. The summed E-state index contributed by atoms with van der Waals surface area (Å²) in [5, 5.41) is 11.8. The number of imidazole rings is 1. The molecule has 3 rings (SSSR count). The molecule has 18 heavy (non-hydrogen) atoms. The summed E-state index contributed by atoms with van der Waals surface area (Å²) < 4.78 is 5.35. The van der Waals surface area contributed by atoms with Crippen LogP contribution in [0.4, 0.5) is 5.95 Å². The number of nitrogens with zero attached hydrogens (tertiary/aromatic N) is 3. The van der Waals surface area contributed by atoms with Gasteiger partial charge in [0.25, 0.3) is 0 Å². The van der Waals surface area contributed by atoms with Crippen LogP contribution in [-0.4, -0.2) is 38.2 Å². The van der Waals surface area contributed by atoms with E-state index >= 15 is 0 Å². The summed E-state index contributed by atoms with van der Waals surface area (Å²) in [6.45, 7) is 0.428. The van der Waals surface area contributed by atoms with Crippen LogP contribution in [0, 0.1) is 0 Å². The van der Waals surface area contributed by atoms with Crippen LogP contribution >= 0.6 is 0 Å². The molecule has 1 aromatic rings. The standard InChI is InChI=1S/C11H11N5O2/c17-4-3-12-11-15-8(7-2-1-5-18-7)9-10(16-11)14-6-13-9/h1-2,5-6,17H,3-4H2,(H2,12,13,14,15,16). The second-order valence-electron chi connectivity index (χ2n) is 3.63. The largest absolute Gasteiger partial charge is 0.463 e. The molecule has 92 valence electrons. The van der Waals surface area contributed by atoms with Crippen molar-refractivity contribution in [1.82, 2.24) is 19.9 Å². The molecule has 7 nitrogen and oxygen atoms in total. The normalized spacial score (nSPS) is 10.9. The molecule has 7 heteroatoms. The van der Waals surface area contributed by atoms with Crippen LogP contribution in [0.3, 0.4) is 0 Å². The second-order valence-corrected chi connectivity index (χ2v) is 3.63. The van der Waals surface area contributed by atoms with Crippen molar-refractivity contribution in [2.75, 3.05) is 18.5 Å². The molecule has 2 aliphatic rings. The smallest absolute Gasteiger partial charge is 0.202 e. The predicted octanol–water partition coefficient (Wildman–Crippen LogP) is 0.969. The third-order valence-corrected chi connectivity index (χ3v) is 2.45. The number of hydrogen-bond donors (Lipinski definition) is 3. The first-order valence-corrected chi connectivity index (χ1v) is 5.48. The fourth-order valence-corrected chi connectivity index (χ4v) is 1.69. The van der Waals surface area contributed by atoms with Crippen LogP contribution in [0.15, 0.2) is 29.1 Å². The molecular formula is C11H11N5O2. The molecule has 0 fully saturated rings. The average Bonchev–Trinajstić information content (AvgIpc) is 3.05. The van der Waals surface area contributed by atoms with E-state index in [1.807, 2.05) is 6.07 Å². The van der Waals surface area contributed by atoms with Gasteiger partial charge in [0.2, 0.25) is 5.95 Å². The van der Waals surface area contributed by atoms with E-state index in [0.29, 0.717) is 35.5 Å². The molecule has 0 spiro atoms. The van der Waals surface area contributed by atoms with Gasteiger partial charge in [0, 0.05) is 6.54 Å². The molecular weight excluding hydrogens is 234 g/mol. The maximum absolute atomic E-state index is 8.80. The number of aromatic amines is 1. The zero-order valence-corrected chi connectivity index (χ0v) is 9.42. The van der Waals surface area contributed by atoms with Crippen molar-refractivity contribution in [1.29, 1.82) is 0 Å². The molecule has 3 heterocycles. The summed E-state index contributed by atoms with van der Waals surface area (Å²) in [6, 6.07) is 3.63. The fourth-order valence-electron chi connectivity index (χ4n) is 1.69. The Morgan fingerprint density at radius 2 is 2.33 bits per heavy atom. The SMILES string of the molecule is OCCNc1nc2ncnc-2c(-c2ccco2)[nH]1. The first kappa shape index (κ1) is 10.7. The summed E-state index contributed by atoms with van der Waals surface area (Å²) in [7, 11) is 0. The van der Waals surface area contributed by atoms with Gasteiger partial charge in [0.05, 0.1) is 12.9 Å². The number of furan rings is 1. The Hall–Kier alpha value is -2.41. The number of aromatic nitrogens is 4. The zero-order valence-electron chi connectivity index (χ0n) is 9.42. The fraction of sp³-hybridized carbons (Fsp3) is 0.182. The number of hydrogen-bond acceptors (Lipinski definition) is 6. The van der Waals surface area contributed by atoms with Gasteiger partial charge in [0.1, 0.15) is 17.7 Å². The van der Waals surface area contributed by atoms with E-state index in [2.05, 4.69) is 25.3 Å². The Labute approximate surface area is 102 Å². The van der Waals surface area contributed by atoms with Crippen molar-refractivity contribution in [3.63, 3.8) is 0 Å². The number of fused-ring (bicyclic) bond motifs is 1. The molecule has 0 atom stereocenters. The van der Waals surface area contributed by atoms with Crippen molar-refractivity contribution in [3.8, 4) is 23.0 Å². The van der Waals surface area contributed by atoms with E-state index in [9.17, 15) is 0 Å². The predicted molar refractivity (Wildman–Crippen MR) is 64.1 cm³/mol. The Bertz CT molecular complexity index is 604. The highest BCUT2D eigenvalue weighted by Gasteiger charge is 2.18. The number of H-pyrrole nitrogens is 1. The van der Waals surface area contributed by atoms with Gasteiger partial charge in [0.15, 0.2) is 11.6 Å². The summed E-state index contributed by atoms with van der Waals surface area (Å²) in [4.78, 5) is 15.6. The van der Waals surface area contributed by atoms with E-state index in [1.165, 1.54) is 6.33 Å². The molecule has 0 aromatic carbocycles. The summed E-state index contributed by atoms with van der Waals surface area (Å²) in [6.07, 6.45) is 3.04. The summed E-state index contributed by atoms with van der Waals surface area (Å²) in [5.41, 5.74) is 1.36. The van der Waals surface area contributed by atoms with E-state index in [4.69, 9.17) is 9.52 Å². The first-order valence-electron chi connectivity index (χ1n) is 5.48. The second kappa shape index (κ2) is 4.46. The first-order chi connectivity index (χ1) is 8.88. The van der Waals surface area contributed by atoms with E-state index in [0.717, 1.165) is 0 Å². The van der Waals surface area contributed by atoms with Crippen LogP contribution in [-0.2, 0) is 0 Å². The topological polar surface area (TPSA) is 99.9 Å².